The first-order chi connectivity index (χ1) is 18.2. The van der Waals surface area contributed by atoms with Crippen molar-refractivity contribution in [1.29, 1.82) is 0 Å². The number of aliphatic hydroxyl groups is 1. The lowest BCUT2D eigenvalue weighted by Crippen LogP contribution is -2.56. The predicted octanol–water partition coefficient (Wildman–Crippen LogP) is 3.10. The summed E-state index contributed by atoms with van der Waals surface area (Å²) in [5.74, 6) is -2.65. The first-order valence-corrected chi connectivity index (χ1v) is 13.6. The van der Waals surface area contributed by atoms with Gasteiger partial charge in [0.25, 0.3) is 0 Å². The lowest BCUT2D eigenvalue weighted by Gasteiger charge is -2.37. The second-order valence-electron chi connectivity index (χ2n) is 10.9. The number of unbranched alkanes of at least 4 members (excludes halogenated alkanes) is 1. The minimum atomic E-state index is -1.14. The quantitative estimate of drug-likeness (QED) is 0.242. The van der Waals surface area contributed by atoms with Gasteiger partial charge in [0.05, 0.1) is 18.1 Å². The van der Waals surface area contributed by atoms with Crippen LogP contribution in [-0.4, -0.2) is 76.2 Å². The highest BCUT2D eigenvalue weighted by Gasteiger charge is 2.80. The number of hydrogen-bond acceptors (Lipinski definition) is 6. The number of fused-ring (bicyclic) bond motifs is 1. The molecule has 1 aromatic carbocycles. The molecule has 2 amide bonds. The van der Waals surface area contributed by atoms with Crippen molar-refractivity contribution in [3.05, 3.63) is 61.2 Å². The van der Waals surface area contributed by atoms with Gasteiger partial charge in [-0.3, -0.25) is 14.4 Å². The number of carbonyl (C=O) groups excluding carboxylic acids is 3. The van der Waals surface area contributed by atoms with Crippen molar-refractivity contribution in [2.24, 2.45) is 17.8 Å². The van der Waals surface area contributed by atoms with E-state index < -0.39 is 35.0 Å². The average molecular weight is 525 g/mol. The number of ether oxygens (including phenoxy) is 2. The number of nitrogens with zero attached hydrogens (tertiary/aromatic N) is 2. The monoisotopic (exact) mass is 524 g/mol. The van der Waals surface area contributed by atoms with Crippen LogP contribution < -0.4 is 0 Å². The zero-order valence-corrected chi connectivity index (χ0v) is 22.5. The summed E-state index contributed by atoms with van der Waals surface area (Å²) >= 11 is 0. The van der Waals surface area contributed by atoms with E-state index in [0.29, 0.717) is 32.4 Å². The molecule has 1 N–H and O–H groups in total. The molecule has 4 rings (SSSR count). The Balaban J connectivity index is 1.71. The van der Waals surface area contributed by atoms with Crippen LogP contribution in [0.25, 0.3) is 0 Å². The van der Waals surface area contributed by atoms with E-state index in [1.54, 1.807) is 22.0 Å². The third-order valence-corrected chi connectivity index (χ3v) is 8.53. The molecule has 0 aliphatic carbocycles. The fraction of sp³-hybridized carbons (Fsp3) is 0.567. The molecule has 3 fully saturated rings. The van der Waals surface area contributed by atoms with E-state index in [4.69, 9.17) is 9.47 Å². The van der Waals surface area contributed by atoms with E-state index in [1.165, 1.54) is 0 Å². The predicted molar refractivity (Wildman–Crippen MR) is 143 cm³/mol. The van der Waals surface area contributed by atoms with Gasteiger partial charge >= 0.3 is 5.97 Å². The van der Waals surface area contributed by atoms with Crippen LogP contribution in [0.15, 0.2) is 55.6 Å². The number of esters is 1. The molecule has 2 bridgehead atoms. The normalized spacial score (nSPS) is 31.2. The van der Waals surface area contributed by atoms with Gasteiger partial charge < -0.3 is 24.4 Å². The highest BCUT2D eigenvalue weighted by atomic mass is 16.6. The number of rotatable bonds is 13. The van der Waals surface area contributed by atoms with E-state index >= 15 is 0 Å². The Morgan fingerprint density at radius 3 is 2.63 bits per heavy atom. The summed E-state index contributed by atoms with van der Waals surface area (Å²) in [5, 5.41) is 9.56. The van der Waals surface area contributed by atoms with Gasteiger partial charge in [0.15, 0.2) is 0 Å². The van der Waals surface area contributed by atoms with E-state index in [2.05, 4.69) is 13.2 Å². The van der Waals surface area contributed by atoms with Crippen LogP contribution in [0.1, 0.15) is 45.1 Å². The number of carbonyl (C=O) groups is 3. The third kappa shape index (κ3) is 4.69. The van der Waals surface area contributed by atoms with E-state index in [9.17, 15) is 19.5 Å². The van der Waals surface area contributed by atoms with Gasteiger partial charge in [-0.25, -0.2) is 0 Å². The number of amides is 2. The zero-order valence-electron chi connectivity index (χ0n) is 22.5. The van der Waals surface area contributed by atoms with Gasteiger partial charge in [-0.05, 0) is 44.1 Å². The van der Waals surface area contributed by atoms with Crippen LogP contribution in [0.2, 0.25) is 0 Å². The average Bonchev–Trinajstić information content (AvgIpc) is 3.41. The highest BCUT2D eigenvalue weighted by molar-refractivity contribution is 5.98. The molecular formula is C30H40N2O6. The Labute approximate surface area is 225 Å². The first-order valence-electron chi connectivity index (χ1n) is 13.6. The molecule has 6 atom stereocenters. The van der Waals surface area contributed by atoms with Crippen molar-refractivity contribution in [2.75, 3.05) is 26.3 Å². The molecule has 0 aromatic heterocycles. The smallest absolute Gasteiger partial charge is 0.312 e. The Morgan fingerprint density at radius 2 is 1.97 bits per heavy atom. The highest BCUT2D eigenvalue weighted by Crippen LogP contribution is 2.65. The van der Waals surface area contributed by atoms with Crippen molar-refractivity contribution >= 4 is 17.8 Å². The Morgan fingerprint density at radius 1 is 1.24 bits per heavy atom. The summed E-state index contributed by atoms with van der Waals surface area (Å²) in [6.07, 6.45) is 5.62. The van der Waals surface area contributed by atoms with Crippen LogP contribution in [0.5, 0.6) is 0 Å². The number of hydrogen-bond donors (Lipinski definition) is 1. The minimum Gasteiger partial charge on any atom is -0.465 e. The molecule has 0 saturated carbocycles. The van der Waals surface area contributed by atoms with Crippen LogP contribution in [-0.2, 0) is 30.4 Å². The molecule has 8 nitrogen and oxygen atoms in total. The molecule has 3 heterocycles. The summed E-state index contributed by atoms with van der Waals surface area (Å²) in [6, 6.07) is 8.76. The number of benzene rings is 1. The van der Waals surface area contributed by atoms with Gasteiger partial charge in [-0.1, -0.05) is 49.4 Å². The van der Waals surface area contributed by atoms with Crippen LogP contribution in [0.3, 0.4) is 0 Å². The van der Waals surface area contributed by atoms with Crippen LogP contribution >= 0.6 is 0 Å². The maximum atomic E-state index is 14.3. The van der Waals surface area contributed by atoms with Crippen molar-refractivity contribution in [2.45, 2.75) is 63.3 Å². The second-order valence-corrected chi connectivity index (χ2v) is 10.9. The molecule has 1 aromatic rings. The maximum absolute atomic E-state index is 14.3. The SMILES string of the molecule is C=CCCCOC(=O)[C@@H]1[C@H]2C(=O)N(CCCO)C(C(=O)N(CC=C)Cc3ccccc3)C23CC(C)[C@@]1(C)O3. The van der Waals surface area contributed by atoms with E-state index in [0.717, 1.165) is 12.0 Å². The fourth-order valence-corrected chi connectivity index (χ4v) is 6.71. The third-order valence-electron chi connectivity index (χ3n) is 8.53. The van der Waals surface area contributed by atoms with Gasteiger partial charge in [0, 0.05) is 26.2 Å². The summed E-state index contributed by atoms with van der Waals surface area (Å²) in [6.45, 7) is 12.4. The molecule has 3 unspecified atom stereocenters. The largest absolute Gasteiger partial charge is 0.465 e. The number of allylic oxidation sites excluding steroid dienone is 1. The molecule has 38 heavy (non-hydrogen) atoms. The van der Waals surface area contributed by atoms with Crippen molar-refractivity contribution < 1.29 is 29.0 Å². The molecule has 8 heteroatoms. The second kappa shape index (κ2) is 11.4. The maximum Gasteiger partial charge on any atom is 0.312 e. The number of likely N-dealkylation sites (tertiary alicyclic amines) is 1. The summed E-state index contributed by atoms with van der Waals surface area (Å²) in [5.41, 5.74) is -1.10. The van der Waals surface area contributed by atoms with E-state index in [-0.39, 0.29) is 37.5 Å². The van der Waals surface area contributed by atoms with Crippen molar-refractivity contribution in [3.8, 4) is 0 Å². The topological polar surface area (TPSA) is 96.4 Å². The van der Waals surface area contributed by atoms with Crippen LogP contribution in [0, 0.1) is 17.8 Å². The van der Waals surface area contributed by atoms with Crippen molar-refractivity contribution in [1.82, 2.24) is 9.80 Å². The number of aliphatic hydroxyl groups excluding tert-OH is 1. The molecule has 0 radical (unpaired) electrons. The van der Waals surface area contributed by atoms with Gasteiger partial charge in [0.2, 0.25) is 11.8 Å². The summed E-state index contributed by atoms with van der Waals surface area (Å²) in [4.78, 5) is 45.0. The van der Waals surface area contributed by atoms with Gasteiger partial charge in [-0.2, -0.15) is 0 Å². The molecule has 3 aliphatic heterocycles. The van der Waals surface area contributed by atoms with Crippen molar-refractivity contribution in [3.63, 3.8) is 0 Å². The summed E-state index contributed by atoms with van der Waals surface area (Å²) in [7, 11) is 0. The first kappa shape index (κ1) is 28.0. The molecule has 3 saturated heterocycles. The van der Waals surface area contributed by atoms with Gasteiger partial charge in [0.1, 0.15) is 17.6 Å². The van der Waals surface area contributed by atoms with Crippen LogP contribution in [0.4, 0.5) is 0 Å². The van der Waals surface area contributed by atoms with E-state index in [1.807, 2.05) is 44.2 Å². The Hall–Kier alpha value is -2.97. The molecule has 3 aliphatic rings. The minimum absolute atomic E-state index is 0.0626. The standard InChI is InChI=1S/C30H40N2O6/c1-5-7-11-18-37-28(36)24-23-26(34)32(16-12-17-33)25(30(23)19-21(3)29(24,4)38-30)27(35)31(15-6-2)20-22-13-9-8-10-14-22/h5-6,8-10,13-14,21,23-25,33H,1-2,7,11-12,15-20H2,3-4H3/t21?,23-,24-,25?,29+,30?/m0/s1. The molecular weight excluding hydrogens is 484 g/mol. The zero-order chi connectivity index (χ0) is 27.5. The summed E-state index contributed by atoms with van der Waals surface area (Å²) < 4.78 is 12.4. The van der Waals surface area contributed by atoms with Gasteiger partial charge in [-0.15, -0.1) is 13.2 Å². The fourth-order valence-electron chi connectivity index (χ4n) is 6.71. The Kier molecular flexibility index (Phi) is 8.43. The lowest BCUT2D eigenvalue weighted by molar-refractivity contribution is -0.162. The molecule has 206 valence electrons. The Bertz CT molecular complexity index is 1060. The molecule has 1 spiro atoms. The lowest BCUT2D eigenvalue weighted by atomic mass is 9.62.